The van der Waals surface area contributed by atoms with E-state index < -0.39 is 0 Å². The molecule has 1 aromatic rings. The van der Waals surface area contributed by atoms with Crippen molar-refractivity contribution in [1.29, 1.82) is 0 Å². The average Bonchev–Trinajstić information content (AvgIpc) is 2.46. The van der Waals surface area contributed by atoms with E-state index >= 15 is 0 Å². The number of unbranched alkanes of at least 4 members (excludes halogenated alkanes) is 5. The van der Waals surface area contributed by atoms with E-state index in [9.17, 15) is 5.11 Å². The summed E-state index contributed by atoms with van der Waals surface area (Å²) in [5.74, 6) is 1.48. The second-order valence-corrected chi connectivity index (χ2v) is 6.06. The topological polar surface area (TPSA) is 46.2 Å². The van der Waals surface area contributed by atoms with Gasteiger partial charge in [0.15, 0.2) is 0 Å². The van der Waals surface area contributed by atoms with Crippen LogP contribution in [-0.2, 0) is 0 Å². The lowest BCUT2D eigenvalue weighted by Crippen LogP contribution is -1.96. The maximum Gasteiger partial charge on any atom is 0.129 e. The van der Waals surface area contributed by atoms with Gasteiger partial charge in [0.1, 0.15) is 5.75 Å². The molecule has 0 amide bonds. The van der Waals surface area contributed by atoms with Gasteiger partial charge in [0.05, 0.1) is 0 Å². The molecule has 3 N–H and O–H groups in total. The summed E-state index contributed by atoms with van der Waals surface area (Å²) in [6, 6.07) is 7.55. The van der Waals surface area contributed by atoms with Gasteiger partial charge in [0.2, 0.25) is 0 Å². The van der Waals surface area contributed by atoms with Gasteiger partial charge < -0.3 is 10.8 Å². The Morgan fingerprint density at radius 1 is 0.950 bits per heavy atom. The zero-order valence-electron chi connectivity index (χ0n) is 12.3. The second kappa shape index (κ2) is 11.9. The summed E-state index contributed by atoms with van der Waals surface area (Å²) in [6.45, 7) is 0.808. The van der Waals surface area contributed by atoms with Crippen molar-refractivity contribution in [2.24, 2.45) is 5.73 Å². The van der Waals surface area contributed by atoms with E-state index in [1.807, 2.05) is 18.2 Å². The Labute approximate surface area is 127 Å². The molecule has 0 spiro atoms. The minimum atomic E-state index is 0.401. The number of aromatic hydroxyl groups is 1. The van der Waals surface area contributed by atoms with Crippen LogP contribution in [-0.4, -0.2) is 17.4 Å². The van der Waals surface area contributed by atoms with E-state index in [-0.39, 0.29) is 0 Å². The molecule has 0 bridgehead atoms. The molecule has 0 radical (unpaired) electrons. The fourth-order valence-corrected chi connectivity index (χ4v) is 2.90. The van der Waals surface area contributed by atoms with Crippen molar-refractivity contribution < 1.29 is 5.11 Å². The highest BCUT2D eigenvalue weighted by Gasteiger charge is 1.99. The zero-order valence-corrected chi connectivity index (χ0v) is 13.1. The van der Waals surface area contributed by atoms with E-state index in [2.05, 4.69) is 12.2 Å². The van der Waals surface area contributed by atoms with Crippen molar-refractivity contribution in [1.82, 2.24) is 0 Å². The molecular formula is C17H27NOS. The SMILES string of the molecule is NCCCC/C=C\CCCCCSc1ccccc1O. The van der Waals surface area contributed by atoms with Crippen LogP contribution in [0, 0.1) is 0 Å². The first kappa shape index (κ1) is 17.1. The Hall–Kier alpha value is -0.930. The van der Waals surface area contributed by atoms with Gasteiger partial charge >= 0.3 is 0 Å². The number of hydrogen-bond donors (Lipinski definition) is 2. The fourth-order valence-electron chi connectivity index (χ4n) is 1.94. The van der Waals surface area contributed by atoms with Gasteiger partial charge in [0.25, 0.3) is 0 Å². The van der Waals surface area contributed by atoms with Crippen LogP contribution in [0.5, 0.6) is 5.75 Å². The molecule has 0 unspecified atom stereocenters. The number of phenols is 1. The third kappa shape index (κ3) is 8.28. The number of phenolic OH excluding ortho intramolecular Hbond substituents is 1. The van der Waals surface area contributed by atoms with Gasteiger partial charge in [0, 0.05) is 4.90 Å². The normalized spacial score (nSPS) is 11.2. The Kier molecular flexibility index (Phi) is 10.2. The predicted molar refractivity (Wildman–Crippen MR) is 89.3 cm³/mol. The molecule has 0 aromatic heterocycles. The Balaban J connectivity index is 1.94. The van der Waals surface area contributed by atoms with Gasteiger partial charge in [-0.15, -0.1) is 11.8 Å². The molecule has 1 aromatic carbocycles. The van der Waals surface area contributed by atoms with Crippen LogP contribution in [0.15, 0.2) is 41.3 Å². The lowest BCUT2D eigenvalue weighted by molar-refractivity contribution is 0.462. The summed E-state index contributed by atoms with van der Waals surface area (Å²) in [7, 11) is 0. The van der Waals surface area contributed by atoms with E-state index in [1.165, 1.54) is 38.5 Å². The molecule has 0 aliphatic carbocycles. The molecule has 0 aliphatic heterocycles. The van der Waals surface area contributed by atoms with Gasteiger partial charge in [-0.2, -0.15) is 0 Å². The van der Waals surface area contributed by atoms with Crippen molar-refractivity contribution in [3.8, 4) is 5.75 Å². The minimum absolute atomic E-state index is 0.401. The molecule has 0 fully saturated rings. The molecule has 112 valence electrons. The van der Waals surface area contributed by atoms with Crippen LogP contribution in [0.4, 0.5) is 0 Å². The lowest BCUT2D eigenvalue weighted by atomic mass is 10.1. The highest BCUT2D eigenvalue weighted by molar-refractivity contribution is 7.99. The quantitative estimate of drug-likeness (QED) is 0.352. The number of rotatable bonds is 11. The van der Waals surface area contributed by atoms with E-state index in [4.69, 9.17) is 5.73 Å². The van der Waals surface area contributed by atoms with E-state index in [0.717, 1.165) is 23.6 Å². The molecule has 1 rings (SSSR count). The predicted octanol–water partition coefficient (Wildman–Crippen LogP) is 4.73. The summed E-state index contributed by atoms with van der Waals surface area (Å²) in [6.07, 6.45) is 13.0. The summed E-state index contributed by atoms with van der Waals surface area (Å²) < 4.78 is 0. The van der Waals surface area contributed by atoms with Gasteiger partial charge in [-0.05, 0) is 63.0 Å². The molecule has 0 aliphatic rings. The van der Waals surface area contributed by atoms with Gasteiger partial charge in [-0.1, -0.05) is 30.7 Å². The van der Waals surface area contributed by atoms with Gasteiger partial charge in [-0.25, -0.2) is 0 Å². The maximum absolute atomic E-state index is 9.63. The second-order valence-electron chi connectivity index (χ2n) is 4.92. The molecule has 0 heterocycles. The van der Waals surface area contributed by atoms with Crippen molar-refractivity contribution in [2.45, 2.75) is 49.8 Å². The highest BCUT2D eigenvalue weighted by atomic mass is 32.2. The third-order valence-electron chi connectivity index (χ3n) is 3.13. The standard InChI is InChI=1S/C17H27NOS/c18-14-10-6-4-2-1-3-5-7-11-15-20-17-13-9-8-12-16(17)19/h1-2,8-9,12-13,19H,3-7,10-11,14-15,18H2/b2-1-. The van der Waals surface area contributed by atoms with Crippen LogP contribution >= 0.6 is 11.8 Å². The summed E-state index contributed by atoms with van der Waals surface area (Å²) in [5.41, 5.74) is 5.45. The monoisotopic (exact) mass is 293 g/mol. The molecular weight excluding hydrogens is 266 g/mol. The van der Waals surface area contributed by atoms with Crippen molar-refractivity contribution in [3.05, 3.63) is 36.4 Å². The number of hydrogen-bond acceptors (Lipinski definition) is 3. The zero-order chi connectivity index (χ0) is 14.5. The smallest absolute Gasteiger partial charge is 0.129 e. The molecule has 0 atom stereocenters. The number of benzene rings is 1. The summed E-state index contributed by atoms with van der Waals surface area (Å²) in [5, 5.41) is 9.63. The fraction of sp³-hybridized carbons (Fsp3) is 0.529. The molecule has 3 heteroatoms. The Morgan fingerprint density at radius 2 is 1.65 bits per heavy atom. The minimum Gasteiger partial charge on any atom is -0.507 e. The number of para-hydroxylation sites is 1. The first-order chi connectivity index (χ1) is 9.84. The number of nitrogens with two attached hydrogens (primary N) is 1. The Morgan fingerprint density at radius 3 is 2.35 bits per heavy atom. The summed E-state index contributed by atoms with van der Waals surface area (Å²) >= 11 is 1.74. The first-order valence-corrected chi connectivity index (χ1v) is 8.59. The average molecular weight is 293 g/mol. The maximum atomic E-state index is 9.63. The number of thioether (sulfide) groups is 1. The van der Waals surface area contributed by atoms with Crippen LogP contribution in [0.1, 0.15) is 44.9 Å². The van der Waals surface area contributed by atoms with Crippen LogP contribution < -0.4 is 5.73 Å². The largest absolute Gasteiger partial charge is 0.507 e. The van der Waals surface area contributed by atoms with Crippen LogP contribution in [0.25, 0.3) is 0 Å². The molecule has 0 saturated carbocycles. The van der Waals surface area contributed by atoms with Crippen LogP contribution in [0.3, 0.4) is 0 Å². The van der Waals surface area contributed by atoms with Crippen molar-refractivity contribution in [2.75, 3.05) is 12.3 Å². The highest BCUT2D eigenvalue weighted by Crippen LogP contribution is 2.28. The first-order valence-electron chi connectivity index (χ1n) is 7.60. The third-order valence-corrected chi connectivity index (χ3v) is 4.28. The molecule has 0 saturated heterocycles. The van der Waals surface area contributed by atoms with Crippen molar-refractivity contribution in [3.63, 3.8) is 0 Å². The summed E-state index contributed by atoms with van der Waals surface area (Å²) in [4.78, 5) is 0.993. The molecule has 2 nitrogen and oxygen atoms in total. The number of allylic oxidation sites excluding steroid dienone is 2. The van der Waals surface area contributed by atoms with Crippen LogP contribution in [0.2, 0.25) is 0 Å². The van der Waals surface area contributed by atoms with Crippen molar-refractivity contribution >= 4 is 11.8 Å². The van der Waals surface area contributed by atoms with Gasteiger partial charge in [-0.3, -0.25) is 0 Å². The van der Waals surface area contributed by atoms with E-state index in [0.29, 0.717) is 5.75 Å². The molecule has 20 heavy (non-hydrogen) atoms. The van der Waals surface area contributed by atoms with E-state index in [1.54, 1.807) is 17.8 Å². The lowest BCUT2D eigenvalue weighted by Gasteiger charge is -2.03. The Bertz CT molecular complexity index is 379.